The summed E-state index contributed by atoms with van der Waals surface area (Å²) in [4.78, 5) is 6.98. The molecule has 1 N–H and O–H groups in total. The molecule has 0 spiro atoms. The Hall–Kier alpha value is -1.61. The third-order valence-corrected chi connectivity index (χ3v) is 4.36. The zero-order chi connectivity index (χ0) is 13.9. The molecule has 1 aliphatic rings. The minimum atomic E-state index is 0.0628. The monoisotopic (exact) mass is 270 g/mol. The molecule has 0 amide bonds. The van der Waals surface area contributed by atoms with E-state index in [1.54, 1.807) is 0 Å². The maximum absolute atomic E-state index is 9.58. The van der Waals surface area contributed by atoms with Gasteiger partial charge in [0.2, 0.25) is 0 Å². The lowest BCUT2D eigenvalue weighted by atomic mass is 10.1. The van der Waals surface area contributed by atoms with Gasteiger partial charge >= 0.3 is 0 Å². The summed E-state index contributed by atoms with van der Waals surface area (Å²) in [5, 5.41) is 10.6. The number of anilines is 1. The molecule has 1 fully saturated rings. The van der Waals surface area contributed by atoms with Crippen molar-refractivity contribution in [2.75, 3.05) is 18.5 Å². The third-order valence-electron chi connectivity index (χ3n) is 4.36. The second-order valence-corrected chi connectivity index (χ2v) is 5.85. The van der Waals surface area contributed by atoms with Gasteiger partial charge in [0.15, 0.2) is 0 Å². The molecule has 1 aliphatic carbocycles. The number of nitrogens with zero attached hydrogens (tertiary/aromatic N) is 2. The highest BCUT2D eigenvalue weighted by atomic mass is 16.3. The van der Waals surface area contributed by atoms with Crippen molar-refractivity contribution in [1.29, 1.82) is 0 Å². The van der Waals surface area contributed by atoms with Crippen LogP contribution in [0.3, 0.4) is 0 Å². The van der Waals surface area contributed by atoms with E-state index >= 15 is 0 Å². The van der Waals surface area contributed by atoms with Crippen molar-refractivity contribution in [3.05, 3.63) is 35.9 Å². The lowest BCUT2D eigenvalue weighted by Gasteiger charge is -2.23. The van der Waals surface area contributed by atoms with Gasteiger partial charge in [-0.1, -0.05) is 31.0 Å². The predicted octanol–water partition coefficient (Wildman–Crippen LogP) is 3.35. The summed E-state index contributed by atoms with van der Waals surface area (Å²) < 4.78 is 0. The molecule has 20 heavy (non-hydrogen) atoms. The molecule has 3 nitrogen and oxygen atoms in total. The topological polar surface area (TPSA) is 36.4 Å². The largest absolute Gasteiger partial charge is 0.392 e. The lowest BCUT2D eigenvalue weighted by molar-refractivity contribution is 0.283. The standard InChI is InChI=1S/C17H22N2O/c1-19(11-13-6-2-3-7-13)17-10-14(12-20)15-8-4-5-9-16(15)18-17/h4-5,8-10,13,20H,2-3,6-7,11-12H2,1H3. The van der Waals surface area contributed by atoms with E-state index in [1.807, 2.05) is 30.3 Å². The average molecular weight is 270 g/mol. The third kappa shape index (κ3) is 2.63. The van der Waals surface area contributed by atoms with Gasteiger partial charge in [0.05, 0.1) is 12.1 Å². The van der Waals surface area contributed by atoms with Gasteiger partial charge in [0.25, 0.3) is 0 Å². The zero-order valence-electron chi connectivity index (χ0n) is 12.0. The van der Waals surface area contributed by atoms with E-state index in [1.165, 1.54) is 25.7 Å². The molecule has 1 aromatic heterocycles. The van der Waals surface area contributed by atoms with Crippen LogP contribution in [0.5, 0.6) is 0 Å². The van der Waals surface area contributed by atoms with Crippen molar-refractivity contribution in [3.63, 3.8) is 0 Å². The summed E-state index contributed by atoms with van der Waals surface area (Å²) >= 11 is 0. The highest BCUT2D eigenvalue weighted by Crippen LogP contribution is 2.28. The maximum atomic E-state index is 9.58. The number of para-hydroxylation sites is 1. The van der Waals surface area contributed by atoms with Crippen LogP contribution in [0.4, 0.5) is 5.82 Å². The van der Waals surface area contributed by atoms with E-state index in [0.717, 1.165) is 34.7 Å². The average Bonchev–Trinajstić information content (AvgIpc) is 2.99. The molecule has 3 heteroatoms. The highest BCUT2D eigenvalue weighted by molar-refractivity contribution is 5.84. The summed E-state index contributed by atoms with van der Waals surface area (Å²) in [6.45, 7) is 1.13. The highest BCUT2D eigenvalue weighted by Gasteiger charge is 2.18. The summed E-state index contributed by atoms with van der Waals surface area (Å²) in [6.07, 6.45) is 5.41. The SMILES string of the molecule is CN(CC1CCCC1)c1cc(CO)c2ccccc2n1. The number of fused-ring (bicyclic) bond motifs is 1. The minimum Gasteiger partial charge on any atom is -0.392 e. The van der Waals surface area contributed by atoms with Gasteiger partial charge in [-0.15, -0.1) is 0 Å². The zero-order valence-corrected chi connectivity index (χ0v) is 12.0. The van der Waals surface area contributed by atoms with Crippen LogP contribution in [0.1, 0.15) is 31.2 Å². The predicted molar refractivity (Wildman–Crippen MR) is 82.9 cm³/mol. The molecule has 0 atom stereocenters. The molecule has 0 saturated heterocycles. The summed E-state index contributed by atoms with van der Waals surface area (Å²) in [6, 6.07) is 10.1. The second kappa shape index (κ2) is 5.80. The second-order valence-electron chi connectivity index (χ2n) is 5.85. The first kappa shape index (κ1) is 13.4. The molecule has 0 bridgehead atoms. The number of aromatic nitrogens is 1. The van der Waals surface area contributed by atoms with Crippen LogP contribution in [-0.2, 0) is 6.61 Å². The van der Waals surface area contributed by atoms with Crippen molar-refractivity contribution in [1.82, 2.24) is 4.98 Å². The summed E-state index contributed by atoms with van der Waals surface area (Å²) in [5.74, 6) is 1.77. The van der Waals surface area contributed by atoms with Crippen LogP contribution >= 0.6 is 0 Å². The van der Waals surface area contributed by atoms with Crippen molar-refractivity contribution in [3.8, 4) is 0 Å². The first-order valence-electron chi connectivity index (χ1n) is 7.48. The number of rotatable bonds is 4. The van der Waals surface area contributed by atoms with Crippen LogP contribution in [0.2, 0.25) is 0 Å². The van der Waals surface area contributed by atoms with Crippen LogP contribution in [-0.4, -0.2) is 23.7 Å². The number of benzene rings is 1. The normalized spacial score (nSPS) is 15.9. The molecule has 1 heterocycles. The summed E-state index contributed by atoms with van der Waals surface area (Å²) in [7, 11) is 2.11. The van der Waals surface area contributed by atoms with Gasteiger partial charge in [0.1, 0.15) is 5.82 Å². The Morgan fingerprint density at radius 3 is 2.75 bits per heavy atom. The number of aliphatic hydroxyl groups is 1. The van der Waals surface area contributed by atoms with Gasteiger partial charge in [-0.25, -0.2) is 4.98 Å². The van der Waals surface area contributed by atoms with Crippen molar-refractivity contribution < 1.29 is 5.11 Å². The van der Waals surface area contributed by atoms with Gasteiger partial charge in [0, 0.05) is 19.0 Å². The molecule has 3 rings (SSSR count). The molecule has 0 unspecified atom stereocenters. The molecular formula is C17H22N2O. The molecule has 0 radical (unpaired) electrons. The molecule has 106 valence electrons. The molecule has 0 aliphatic heterocycles. The number of aliphatic hydroxyl groups excluding tert-OH is 1. The fourth-order valence-electron chi connectivity index (χ4n) is 3.23. The van der Waals surface area contributed by atoms with E-state index in [9.17, 15) is 5.11 Å². The Morgan fingerprint density at radius 2 is 2.00 bits per heavy atom. The maximum Gasteiger partial charge on any atom is 0.129 e. The Labute approximate surface area is 120 Å². The van der Waals surface area contributed by atoms with E-state index in [-0.39, 0.29) is 6.61 Å². The van der Waals surface area contributed by atoms with Crippen molar-refractivity contribution in [2.24, 2.45) is 5.92 Å². The molecular weight excluding hydrogens is 248 g/mol. The van der Waals surface area contributed by atoms with Crippen LogP contribution < -0.4 is 4.90 Å². The first-order valence-corrected chi connectivity index (χ1v) is 7.48. The Kier molecular flexibility index (Phi) is 3.88. The fourth-order valence-corrected chi connectivity index (χ4v) is 3.23. The van der Waals surface area contributed by atoms with Gasteiger partial charge in [-0.05, 0) is 36.5 Å². The van der Waals surface area contributed by atoms with E-state index < -0.39 is 0 Å². The first-order chi connectivity index (χ1) is 9.78. The fraction of sp³-hybridized carbons (Fsp3) is 0.471. The quantitative estimate of drug-likeness (QED) is 0.925. The van der Waals surface area contributed by atoms with E-state index in [2.05, 4.69) is 11.9 Å². The molecule has 1 aromatic carbocycles. The Morgan fingerprint density at radius 1 is 1.25 bits per heavy atom. The summed E-state index contributed by atoms with van der Waals surface area (Å²) in [5.41, 5.74) is 1.93. The van der Waals surface area contributed by atoms with Gasteiger partial charge < -0.3 is 10.0 Å². The van der Waals surface area contributed by atoms with Crippen LogP contribution in [0.15, 0.2) is 30.3 Å². The van der Waals surface area contributed by atoms with Crippen molar-refractivity contribution >= 4 is 16.7 Å². The molecule has 2 aromatic rings. The van der Waals surface area contributed by atoms with E-state index in [0.29, 0.717) is 0 Å². The van der Waals surface area contributed by atoms with Crippen molar-refractivity contribution in [2.45, 2.75) is 32.3 Å². The number of pyridine rings is 1. The van der Waals surface area contributed by atoms with Gasteiger partial charge in [-0.3, -0.25) is 0 Å². The van der Waals surface area contributed by atoms with E-state index in [4.69, 9.17) is 4.98 Å². The lowest BCUT2D eigenvalue weighted by Crippen LogP contribution is -2.25. The number of hydrogen-bond acceptors (Lipinski definition) is 3. The number of hydrogen-bond donors (Lipinski definition) is 1. The Bertz CT molecular complexity index is 591. The van der Waals surface area contributed by atoms with Gasteiger partial charge in [-0.2, -0.15) is 0 Å². The van der Waals surface area contributed by atoms with Crippen LogP contribution in [0.25, 0.3) is 10.9 Å². The van der Waals surface area contributed by atoms with Crippen LogP contribution in [0, 0.1) is 5.92 Å². The smallest absolute Gasteiger partial charge is 0.129 e. The Balaban J connectivity index is 1.90. The molecule has 1 saturated carbocycles. The minimum absolute atomic E-state index is 0.0628.